The van der Waals surface area contributed by atoms with Gasteiger partial charge in [-0.1, -0.05) is 13.0 Å². The van der Waals surface area contributed by atoms with Gasteiger partial charge in [-0.15, -0.1) is 0 Å². The van der Waals surface area contributed by atoms with Crippen LogP contribution < -0.4 is 10.9 Å². The fraction of sp³-hybridized carbons (Fsp3) is 0.391. The second-order valence-corrected chi connectivity index (χ2v) is 10.9. The quantitative estimate of drug-likeness (QED) is 0.547. The first-order chi connectivity index (χ1) is 16.9. The van der Waals surface area contributed by atoms with Crippen LogP contribution in [0.1, 0.15) is 25.3 Å². The lowest BCUT2D eigenvalue weighted by Gasteiger charge is -2.28. The summed E-state index contributed by atoms with van der Waals surface area (Å²) in [6.07, 6.45) is -0.996. The van der Waals surface area contributed by atoms with Gasteiger partial charge < -0.3 is 10.2 Å². The summed E-state index contributed by atoms with van der Waals surface area (Å²) in [6, 6.07) is 3.84. The van der Waals surface area contributed by atoms with Crippen LogP contribution in [0.2, 0.25) is 0 Å². The van der Waals surface area contributed by atoms with E-state index in [-0.39, 0.29) is 44.8 Å². The zero-order valence-corrected chi connectivity index (χ0v) is 20.4. The molecule has 3 aromatic rings. The fourth-order valence-electron chi connectivity index (χ4n) is 4.03. The van der Waals surface area contributed by atoms with E-state index in [0.29, 0.717) is 23.6 Å². The van der Waals surface area contributed by atoms with Crippen molar-refractivity contribution in [2.75, 3.05) is 31.2 Å². The van der Waals surface area contributed by atoms with Crippen LogP contribution in [0.5, 0.6) is 0 Å². The highest BCUT2D eigenvalue weighted by atomic mass is 32.2. The minimum absolute atomic E-state index is 0.128. The number of rotatable bonds is 5. The van der Waals surface area contributed by atoms with Crippen LogP contribution in [0.15, 0.2) is 46.3 Å². The minimum atomic E-state index is -4.67. The molecule has 1 N–H and O–H groups in total. The largest absolute Gasteiger partial charge is 0.416 e. The molecule has 0 saturated carbocycles. The van der Waals surface area contributed by atoms with Crippen molar-refractivity contribution >= 4 is 32.2 Å². The summed E-state index contributed by atoms with van der Waals surface area (Å²) in [4.78, 5) is 31.6. The molecule has 4 rings (SSSR count). The van der Waals surface area contributed by atoms with Crippen molar-refractivity contribution in [3.05, 3.63) is 52.6 Å². The zero-order valence-electron chi connectivity index (χ0n) is 19.5. The van der Waals surface area contributed by atoms with Gasteiger partial charge in [-0.25, -0.2) is 13.4 Å². The number of hydrogen-bond donors (Lipinski definition) is 1. The highest BCUT2D eigenvalue weighted by Gasteiger charge is 2.31. The molecular formula is C23H24F3N5O4S. The number of anilines is 1. The summed E-state index contributed by atoms with van der Waals surface area (Å²) in [5.41, 5.74) is -1.85. The molecule has 0 atom stereocenters. The summed E-state index contributed by atoms with van der Waals surface area (Å²) in [7, 11) is -2.01. The molecule has 3 heterocycles. The minimum Gasteiger partial charge on any atom is -0.324 e. The number of benzene rings is 1. The summed E-state index contributed by atoms with van der Waals surface area (Å²) >= 11 is 0. The predicted octanol–water partition coefficient (Wildman–Crippen LogP) is 2.87. The number of halogens is 3. The van der Waals surface area contributed by atoms with Crippen molar-refractivity contribution in [1.29, 1.82) is 0 Å². The van der Waals surface area contributed by atoms with Crippen LogP contribution in [0, 0.1) is 5.92 Å². The molecule has 9 nitrogen and oxygen atoms in total. The van der Waals surface area contributed by atoms with Crippen LogP contribution >= 0.6 is 0 Å². The summed E-state index contributed by atoms with van der Waals surface area (Å²) in [5, 5.41) is 6.51. The molecule has 1 aromatic carbocycles. The number of sulfone groups is 1. The van der Waals surface area contributed by atoms with Crippen LogP contribution in [-0.4, -0.2) is 59.9 Å². The van der Waals surface area contributed by atoms with Crippen molar-refractivity contribution in [3.63, 3.8) is 0 Å². The molecule has 0 radical (unpaired) electrons. The van der Waals surface area contributed by atoms with Crippen molar-refractivity contribution in [2.45, 2.75) is 30.8 Å². The van der Waals surface area contributed by atoms with Crippen molar-refractivity contribution in [3.8, 4) is 5.82 Å². The standard InChI is InChI=1S/C23H24F3N5O4S/c1-3-36(34,35)19-11-17(29-21(32)14-6-8-30(2)9-7-14)13-27-20(19)31-22(33)18-10-16(23(24,25)26)5-4-15(18)12-28-31/h4-5,10-14H,3,6-9H2,1-2H3,(H,29,32). The van der Waals surface area contributed by atoms with Gasteiger partial charge in [0.1, 0.15) is 4.90 Å². The third-order valence-corrected chi connectivity index (χ3v) is 7.95. The van der Waals surface area contributed by atoms with Crippen LogP contribution in [-0.2, 0) is 20.8 Å². The average molecular weight is 524 g/mol. The van der Waals surface area contributed by atoms with Gasteiger partial charge in [-0.2, -0.15) is 23.0 Å². The Balaban J connectivity index is 1.78. The summed E-state index contributed by atoms with van der Waals surface area (Å²) < 4.78 is 66.0. The van der Waals surface area contributed by atoms with Crippen LogP contribution in [0.25, 0.3) is 16.6 Å². The first-order valence-corrected chi connectivity index (χ1v) is 12.9. The van der Waals surface area contributed by atoms with E-state index in [4.69, 9.17) is 0 Å². The Morgan fingerprint density at radius 3 is 2.50 bits per heavy atom. The molecule has 0 unspecified atom stereocenters. The van der Waals surface area contributed by atoms with Crippen molar-refractivity contribution < 1.29 is 26.4 Å². The topological polar surface area (TPSA) is 114 Å². The Kier molecular flexibility index (Phi) is 6.88. The maximum Gasteiger partial charge on any atom is 0.416 e. The van der Waals surface area contributed by atoms with Gasteiger partial charge in [0.2, 0.25) is 5.91 Å². The highest BCUT2D eigenvalue weighted by molar-refractivity contribution is 7.91. The second-order valence-electron chi connectivity index (χ2n) is 8.68. The smallest absolute Gasteiger partial charge is 0.324 e. The number of hydrogen-bond acceptors (Lipinski definition) is 7. The van der Waals surface area contributed by atoms with E-state index in [1.54, 1.807) is 0 Å². The molecule has 0 bridgehead atoms. The first-order valence-electron chi connectivity index (χ1n) is 11.2. The number of piperidine rings is 1. The van der Waals surface area contributed by atoms with Gasteiger partial charge in [0.05, 0.1) is 34.8 Å². The number of fused-ring (bicyclic) bond motifs is 1. The van der Waals surface area contributed by atoms with E-state index in [0.717, 1.165) is 31.4 Å². The van der Waals surface area contributed by atoms with Crippen molar-refractivity contribution in [2.24, 2.45) is 5.92 Å². The number of alkyl halides is 3. The number of likely N-dealkylation sites (tertiary alicyclic amines) is 1. The predicted molar refractivity (Wildman–Crippen MR) is 127 cm³/mol. The van der Waals surface area contributed by atoms with E-state index < -0.39 is 27.1 Å². The number of nitrogens with zero attached hydrogens (tertiary/aromatic N) is 4. The lowest BCUT2D eigenvalue weighted by atomic mass is 9.96. The van der Waals surface area contributed by atoms with Gasteiger partial charge in [-0.3, -0.25) is 9.59 Å². The maximum atomic E-state index is 13.2. The summed E-state index contributed by atoms with van der Waals surface area (Å²) in [5.74, 6) is -1.20. The molecule has 192 valence electrons. The zero-order chi connectivity index (χ0) is 26.3. The van der Waals surface area contributed by atoms with Crippen LogP contribution in [0.4, 0.5) is 18.9 Å². The maximum absolute atomic E-state index is 13.2. The normalized spacial score (nSPS) is 15.8. The molecule has 1 aliphatic rings. The van der Waals surface area contributed by atoms with E-state index in [9.17, 15) is 31.2 Å². The van der Waals surface area contributed by atoms with Crippen LogP contribution in [0.3, 0.4) is 0 Å². The molecule has 1 amide bonds. The second kappa shape index (κ2) is 9.62. The van der Waals surface area contributed by atoms with Crippen molar-refractivity contribution in [1.82, 2.24) is 19.7 Å². The van der Waals surface area contributed by atoms with E-state index in [1.165, 1.54) is 19.2 Å². The first kappa shape index (κ1) is 25.8. The summed E-state index contributed by atoms with van der Waals surface area (Å²) in [6.45, 7) is 2.92. The van der Waals surface area contributed by atoms with Gasteiger partial charge in [0.25, 0.3) is 5.56 Å². The van der Waals surface area contributed by atoms with E-state index in [1.807, 2.05) is 7.05 Å². The number of carbonyl (C=O) groups is 1. The lowest BCUT2D eigenvalue weighted by Crippen LogP contribution is -2.36. The van der Waals surface area contributed by atoms with Gasteiger partial charge in [0.15, 0.2) is 15.7 Å². The molecule has 0 spiro atoms. The van der Waals surface area contributed by atoms with Gasteiger partial charge in [-0.05, 0) is 51.2 Å². The van der Waals surface area contributed by atoms with E-state index >= 15 is 0 Å². The van der Waals surface area contributed by atoms with Gasteiger partial charge >= 0.3 is 6.18 Å². The Hall–Kier alpha value is -3.32. The number of nitrogens with one attached hydrogen (secondary N) is 1. The Morgan fingerprint density at radius 2 is 1.86 bits per heavy atom. The number of aromatic nitrogens is 3. The molecule has 0 aliphatic carbocycles. The third-order valence-electron chi connectivity index (χ3n) is 6.22. The monoisotopic (exact) mass is 523 g/mol. The highest BCUT2D eigenvalue weighted by Crippen LogP contribution is 2.31. The fourth-order valence-corrected chi connectivity index (χ4v) is 5.07. The molecule has 1 aliphatic heterocycles. The molecule has 2 aromatic heterocycles. The van der Waals surface area contributed by atoms with Gasteiger partial charge in [0, 0.05) is 11.3 Å². The average Bonchev–Trinajstić information content (AvgIpc) is 2.84. The number of carbonyl (C=O) groups excluding carboxylic acids is 1. The molecular weight excluding hydrogens is 499 g/mol. The van der Waals surface area contributed by atoms with E-state index in [2.05, 4.69) is 20.3 Å². The Morgan fingerprint density at radius 1 is 1.17 bits per heavy atom. The number of amides is 1. The Labute approximate surface area is 204 Å². The SMILES string of the molecule is CCS(=O)(=O)c1cc(NC(=O)C2CCN(C)CC2)cnc1-n1ncc2ccc(C(F)(F)F)cc2c1=O. The molecule has 13 heteroatoms. The lowest BCUT2D eigenvalue weighted by molar-refractivity contribution is -0.137. The molecule has 1 saturated heterocycles. The molecule has 1 fully saturated rings. The Bertz CT molecular complexity index is 1480. The molecule has 36 heavy (non-hydrogen) atoms. The number of pyridine rings is 1. The third kappa shape index (κ3) is 5.12.